The van der Waals surface area contributed by atoms with Gasteiger partial charge < -0.3 is 10.2 Å². The van der Waals surface area contributed by atoms with Crippen molar-refractivity contribution in [1.82, 2.24) is 0 Å². The van der Waals surface area contributed by atoms with E-state index < -0.39 is 11.9 Å². The van der Waals surface area contributed by atoms with Crippen LogP contribution in [-0.2, 0) is 9.59 Å². The number of aliphatic carboxylic acids is 2. The van der Waals surface area contributed by atoms with Gasteiger partial charge in [0.25, 0.3) is 0 Å². The Labute approximate surface area is 98.8 Å². The van der Waals surface area contributed by atoms with Crippen molar-refractivity contribution in [3.8, 4) is 0 Å². The first-order chi connectivity index (χ1) is 2.64. The molecule has 6 heteroatoms. The second-order valence-electron chi connectivity index (χ2n) is 0.610. The molecule has 0 aromatic heterocycles. The molecule has 2 N–H and O–H groups in total. The van der Waals surface area contributed by atoms with Gasteiger partial charge in [-0.3, -0.25) is 0 Å². The zero-order valence-corrected chi connectivity index (χ0v) is 2.71. The van der Waals surface area contributed by atoms with Crippen LogP contribution in [0.1, 0.15) is 0 Å². The topological polar surface area (TPSA) is 74.6 Å². The van der Waals surface area contributed by atoms with Crippen molar-refractivity contribution >= 4 is 80.7 Å². The number of carboxylic acid groups (broad SMARTS) is 2. The van der Waals surface area contributed by atoms with E-state index in [2.05, 4.69) is 0 Å². The first kappa shape index (κ1) is 16.0. The number of hydrogen-bond donors (Lipinski definition) is 2. The van der Waals surface area contributed by atoms with E-state index in [0.29, 0.717) is 0 Å². The number of hydrogen-bond acceptors (Lipinski definition) is 2. The van der Waals surface area contributed by atoms with E-state index in [1.54, 1.807) is 0 Å². The van der Waals surface area contributed by atoms with Crippen LogP contribution in [0.2, 0.25) is 0 Å². The van der Waals surface area contributed by atoms with Crippen LogP contribution in [0, 0.1) is 0 Å². The SMILES string of the molecule is O=C(O)C(=O)O.[AlH3].[KH]. The van der Waals surface area contributed by atoms with Gasteiger partial charge in [0.1, 0.15) is 0 Å². The van der Waals surface area contributed by atoms with E-state index in [-0.39, 0.29) is 68.7 Å². The number of carbonyl (C=O) groups is 2. The molecule has 0 heterocycles. The van der Waals surface area contributed by atoms with Gasteiger partial charge in [-0.25, -0.2) is 9.59 Å². The summed E-state index contributed by atoms with van der Waals surface area (Å²) in [5, 5.41) is 14.8. The molecule has 4 nitrogen and oxygen atoms in total. The van der Waals surface area contributed by atoms with E-state index in [1.165, 1.54) is 0 Å². The summed E-state index contributed by atoms with van der Waals surface area (Å²) in [6, 6.07) is 0. The van der Waals surface area contributed by atoms with Gasteiger partial charge in [0.05, 0.1) is 0 Å². The second kappa shape index (κ2) is 8.11. The molecule has 0 aromatic rings. The van der Waals surface area contributed by atoms with Crippen molar-refractivity contribution in [2.24, 2.45) is 0 Å². The van der Waals surface area contributed by atoms with Crippen LogP contribution in [0.25, 0.3) is 0 Å². The van der Waals surface area contributed by atoms with Gasteiger partial charge in [-0.1, -0.05) is 0 Å². The van der Waals surface area contributed by atoms with Crippen molar-refractivity contribution in [2.75, 3.05) is 0 Å². The molecule has 0 radical (unpaired) electrons. The third-order valence-electron chi connectivity index (χ3n) is 0.183. The van der Waals surface area contributed by atoms with Crippen molar-refractivity contribution < 1.29 is 19.8 Å². The minimum atomic E-state index is -1.82. The summed E-state index contributed by atoms with van der Waals surface area (Å²) < 4.78 is 0. The first-order valence-corrected chi connectivity index (χ1v) is 1.11. The molecule has 0 bridgehead atoms. The van der Waals surface area contributed by atoms with Crippen molar-refractivity contribution in [3.63, 3.8) is 0 Å². The number of rotatable bonds is 0. The predicted molar refractivity (Wildman–Crippen MR) is 32.4 cm³/mol. The Balaban J connectivity index is -0.000000125. The maximum absolute atomic E-state index is 9.10. The third kappa shape index (κ3) is 10.2. The summed E-state index contributed by atoms with van der Waals surface area (Å²) in [6.45, 7) is 0. The predicted octanol–water partition coefficient (Wildman–Crippen LogP) is -2.68. The molecule has 0 spiro atoms. The molecule has 0 atom stereocenters. The Kier molecular flexibility index (Phi) is 16.3. The Hall–Kier alpha value is 1.11. The quantitative estimate of drug-likeness (QED) is 0.299. The molecule has 42 valence electrons. The summed E-state index contributed by atoms with van der Waals surface area (Å²) in [5.41, 5.74) is 0. The van der Waals surface area contributed by atoms with Gasteiger partial charge in [0, 0.05) is 0 Å². The van der Waals surface area contributed by atoms with Crippen molar-refractivity contribution in [2.45, 2.75) is 0 Å². The average Bonchev–Trinajstić information content (AvgIpc) is 1.36. The van der Waals surface area contributed by atoms with E-state index >= 15 is 0 Å². The summed E-state index contributed by atoms with van der Waals surface area (Å²) in [4.78, 5) is 18.2. The molecular weight excluding hydrogens is 154 g/mol. The fourth-order valence-corrected chi connectivity index (χ4v) is 0. The van der Waals surface area contributed by atoms with Gasteiger partial charge in [-0.2, -0.15) is 0 Å². The van der Waals surface area contributed by atoms with Crippen LogP contribution in [0.15, 0.2) is 0 Å². The second-order valence-corrected chi connectivity index (χ2v) is 0.610. The van der Waals surface area contributed by atoms with Crippen molar-refractivity contribution in [3.05, 3.63) is 0 Å². The molecule has 0 aliphatic rings. The molecule has 0 saturated carbocycles. The number of carboxylic acids is 2. The van der Waals surface area contributed by atoms with Gasteiger partial charge in [0.2, 0.25) is 0 Å². The van der Waals surface area contributed by atoms with Gasteiger partial charge in [-0.05, 0) is 0 Å². The maximum atomic E-state index is 9.10. The molecule has 0 rings (SSSR count). The van der Waals surface area contributed by atoms with E-state index in [1.807, 2.05) is 0 Å². The van der Waals surface area contributed by atoms with E-state index in [0.717, 1.165) is 0 Å². The van der Waals surface area contributed by atoms with Crippen LogP contribution in [0.5, 0.6) is 0 Å². The van der Waals surface area contributed by atoms with E-state index in [9.17, 15) is 0 Å². The molecule has 0 saturated heterocycles. The molecule has 8 heavy (non-hydrogen) atoms. The van der Waals surface area contributed by atoms with E-state index in [4.69, 9.17) is 19.8 Å². The Morgan fingerprint density at radius 2 is 1.12 bits per heavy atom. The summed E-state index contributed by atoms with van der Waals surface area (Å²) in [5.74, 6) is -3.65. The summed E-state index contributed by atoms with van der Waals surface area (Å²) in [7, 11) is 0. The van der Waals surface area contributed by atoms with Crippen LogP contribution in [0.4, 0.5) is 0 Å². The summed E-state index contributed by atoms with van der Waals surface area (Å²) >= 11 is 0. The zero-order valence-electron chi connectivity index (χ0n) is 2.71. The molecule has 0 aliphatic carbocycles. The molecule has 0 fully saturated rings. The Bertz CT molecular complexity index is 80.0. The van der Waals surface area contributed by atoms with Crippen LogP contribution < -0.4 is 0 Å². The minimum absolute atomic E-state index is 0. The first-order valence-electron chi connectivity index (χ1n) is 1.11. The van der Waals surface area contributed by atoms with Gasteiger partial charge in [-0.15, -0.1) is 0 Å². The van der Waals surface area contributed by atoms with Crippen LogP contribution in [-0.4, -0.2) is 90.9 Å². The fourth-order valence-electron chi connectivity index (χ4n) is 0. The van der Waals surface area contributed by atoms with Crippen LogP contribution in [0.3, 0.4) is 0 Å². The normalized spacial score (nSPS) is 5.50. The van der Waals surface area contributed by atoms with Crippen LogP contribution >= 0.6 is 0 Å². The molecular formula is C2H6AlKO4. The average molecular weight is 160 g/mol. The van der Waals surface area contributed by atoms with Crippen molar-refractivity contribution in [1.29, 1.82) is 0 Å². The van der Waals surface area contributed by atoms with Gasteiger partial charge in [0.15, 0.2) is 17.4 Å². The molecule has 0 aromatic carbocycles. The monoisotopic (exact) mass is 160 g/mol. The zero-order chi connectivity index (χ0) is 5.15. The standard InChI is InChI=1S/C2H2O4.Al.K.4H/c3-1(4)2(5)6;;;;;;/h(H,3,4)(H,5,6);;;;;;. The summed E-state index contributed by atoms with van der Waals surface area (Å²) in [6.07, 6.45) is 0. The molecule has 0 aliphatic heterocycles. The fraction of sp³-hybridized carbons (Fsp3) is 0. The Morgan fingerprint density at radius 1 is 1.00 bits per heavy atom. The third-order valence-corrected chi connectivity index (χ3v) is 0.183. The molecule has 0 unspecified atom stereocenters. The molecule has 0 amide bonds. The Morgan fingerprint density at radius 3 is 1.12 bits per heavy atom. The van der Waals surface area contributed by atoms with Gasteiger partial charge >= 0.3 is 63.3 Å².